The van der Waals surface area contributed by atoms with Gasteiger partial charge in [-0.2, -0.15) is 0 Å². The first-order valence-corrected chi connectivity index (χ1v) is 25.3. The minimum absolute atomic E-state index is 0.0328. The maximum atomic E-state index is 2.84. The van der Waals surface area contributed by atoms with Crippen molar-refractivity contribution in [3.63, 3.8) is 0 Å². The van der Waals surface area contributed by atoms with Gasteiger partial charge in [0.05, 0.1) is 11.4 Å². The van der Waals surface area contributed by atoms with Crippen LogP contribution in [0.3, 0.4) is 0 Å². The van der Waals surface area contributed by atoms with Gasteiger partial charge in [0.15, 0.2) is 0 Å². The van der Waals surface area contributed by atoms with E-state index < -0.39 is 0 Å². The average Bonchev–Trinajstić information content (AvgIpc) is 3.94. The van der Waals surface area contributed by atoms with Gasteiger partial charge in [0.25, 0.3) is 0 Å². The number of aromatic nitrogens is 1. The first-order chi connectivity index (χ1) is 32.1. The third-order valence-corrected chi connectivity index (χ3v) is 18.1. The lowest BCUT2D eigenvalue weighted by Crippen LogP contribution is -2.52. The highest BCUT2D eigenvalue weighted by Gasteiger charge is 2.55. The van der Waals surface area contributed by atoms with Crippen molar-refractivity contribution in [3.8, 4) is 22.3 Å². The molecule has 0 amide bonds. The van der Waals surface area contributed by atoms with Gasteiger partial charge in [-0.1, -0.05) is 178 Å². The van der Waals surface area contributed by atoms with Gasteiger partial charge in [-0.3, -0.25) is 0 Å². The normalized spacial score (nSPS) is 17.4. The molecule has 0 saturated carbocycles. The van der Waals surface area contributed by atoms with E-state index in [0.717, 1.165) is 0 Å². The van der Waals surface area contributed by atoms with E-state index in [4.69, 9.17) is 0 Å². The van der Waals surface area contributed by atoms with Gasteiger partial charge in [-0.05, 0) is 109 Å². The van der Waals surface area contributed by atoms with E-state index in [0.29, 0.717) is 0 Å². The summed E-state index contributed by atoms with van der Waals surface area (Å²) in [7, 11) is 0. The molecule has 0 bridgehead atoms. The van der Waals surface area contributed by atoms with Gasteiger partial charge < -0.3 is 9.38 Å². The summed E-state index contributed by atoms with van der Waals surface area (Å²) >= 11 is 1.95. The molecular formula is C63H55BN2S. The predicted octanol–water partition coefficient (Wildman–Crippen LogP) is 16.7. The zero-order chi connectivity index (χ0) is 45.7. The van der Waals surface area contributed by atoms with Gasteiger partial charge in [0.2, 0.25) is 0 Å². The molecule has 0 fully saturated rings. The van der Waals surface area contributed by atoms with Crippen LogP contribution in [0.25, 0.3) is 80.7 Å². The summed E-state index contributed by atoms with van der Waals surface area (Å²) in [5.74, 6) is 0. The second-order valence-electron chi connectivity index (χ2n) is 23.1. The third-order valence-electron chi connectivity index (χ3n) is 17.0. The molecule has 4 heterocycles. The number of hydrogen-bond acceptors (Lipinski definition) is 2. The summed E-state index contributed by atoms with van der Waals surface area (Å²) in [6.45, 7) is 22.1. The number of rotatable bonds is 2. The zero-order valence-electron chi connectivity index (χ0n) is 40.2. The molecule has 8 aromatic carbocycles. The molecule has 0 saturated heterocycles. The Morgan fingerprint density at radius 1 is 0.537 bits per heavy atom. The number of nitrogens with zero attached hydrogens (tertiary/aromatic N) is 2. The van der Waals surface area contributed by atoms with Crippen molar-refractivity contribution >= 4 is 93.5 Å². The van der Waals surface area contributed by atoms with E-state index in [1.807, 2.05) is 11.3 Å². The third kappa shape index (κ3) is 5.13. The van der Waals surface area contributed by atoms with Crippen LogP contribution in [-0.4, -0.2) is 11.3 Å². The maximum Gasteiger partial charge on any atom is 0.329 e. The first kappa shape index (κ1) is 39.8. The van der Waals surface area contributed by atoms with Crippen LogP contribution in [0.4, 0.5) is 11.4 Å². The number of para-hydroxylation sites is 1. The molecule has 2 aromatic heterocycles. The monoisotopic (exact) mass is 882 g/mol. The smallest absolute Gasteiger partial charge is 0.329 e. The molecule has 326 valence electrons. The van der Waals surface area contributed by atoms with Crippen LogP contribution in [0.15, 0.2) is 151 Å². The quantitative estimate of drug-likeness (QED) is 0.157. The van der Waals surface area contributed by atoms with E-state index >= 15 is 0 Å². The molecule has 14 rings (SSSR count). The fourth-order valence-electron chi connectivity index (χ4n) is 13.4. The fourth-order valence-corrected chi connectivity index (χ4v) is 14.5. The summed E-state index contributed by atoms with van der Waals surface area (Å²) < 4.78 is 5.51. The van der Waals surface area contributed by atoms with Crippen LogP contribution < -0.4 is 10.4 Å². The van der Waals surface area contributed by atoms with Crippen molar-refractivity contribution in [2.75, 3.05) is 4.90 Å². The molecule has 2 aliphatic heterocycles. The van der Waals surface area contributed by atoms with E-state index in [1.165, 1.54) is 144 Å². The Bertz CT molecular complexity index is 3890. The molecule has 4 aliphatic rings. The molecule has 2 aliphatic carbocycles. The Balaban J connectivity index is 1.23. The van der Waals surface area contributed by atoms with E-state index in [2.05, 4.69) is 217 Å². The molecule has 0 spiro atoms. The van der Waals surface area contributed by atoms with Gasteiger partial charge in [0.1, 0.15) is 0 Å². The lowest BCUT2D eigenvalue weighted by Gasteiger charge is -2.44. The summed E-state index contributed by atoms with van der Waals surface area (Å²) in [6.07, 6.45) is 2.36. The van der Waals surface area contributed by atoms with Crippen molar-refractivity contribution in [1.29, 1.82) is 0 Å². The largest absolute Gasteiger partial charge is 0.375 e. The second kappa shape index (κ2) is 13.0. The fraction of sp³-hybridized carbons (Fsp3) is 0.238. The van der Waals surface area contributed by atoms with Crippen molar-refractivity contribution in [2.45, 2.75) is 96.8 Å². The molecule has 67 heavy (non-hydrogen) atoms. The summed E-state index contributed by atoms with van der Waals surface area (Å²) in [4.78, 5) is 2.82. The zero-order valence-corrected chi connectivity index (χ0v) is 41.0. The second-order valence-corrected chi connectivity index (χ2v) is 24.2. The van der Waals surface area contributed by atoms with Gasteiger partial charge in [-0.15, -0.1) is 11.3 Å². The Morgan fingerprint density at radius 2 is 1.22 bits per heavy atom. The average molecular weight is 883 g/mol. The Labute approximate surface area is 398 Å². The Kier molecular flexibility index (Phi) is 7.71. The molecular weight excluding hydrogens is 828 g/mol. The van der Waals surface area contributed by atoms with Gasteiger partial charge in [-0.25, -0.2) is 0 Å². The SMILES string of the molecule is CC(C)(C)c1ccc(N2C3=C(B4c5c(cc6sc7ccccc7c6c52)-c2cccc5c6ccc7ccccc7c6n4c25)C(C)(C)c2cc4c(cc23)C(C)(C)CCC4(C)C)c(-c2ccccc2)c1. The summed E-state index contributed by atoms with van der Waals surface area (Å²) in [5.41, 5.74) is 21.7. The molecule has 4 heteroatoms. The predicted molar refractivity (Wildman–Crippen MR) is 290 cm³/mol. The number of thiophene rings is 1. The highest BCUT2D eigenvalue weighted by atomic mass is 32.1. The number of hydrogen-bond donors (Lipinski definition) is 0. The van der Waals surface area contributed by atoms with E-state index in [9.17, 15) is 0 Å². The molecule has 0 N–H and O–H groups in total. The first-order valence-electron chi connectivity index (χ1n) is 24.5. The Morgan fingerprint density at radius 3 is 2.00 bits per heavy atom. The minimum Gasteiger partial charge on any atom is -0.375 e. The number of benzene rings is 8. The van der Waals surface area contributed by atoms with Crippen LogP contribution in [0.2, 0.25) is 0 Å². The van der Waals surface area contributed by atoms with E-state index in [-0.39, 0.29) is 28.5 Å². The van der Waals surface area contributed by atoms with Gasteiger partial charge in [0, 0.05) is 75.2 Å². The van der Waals surface area contributed by atoms with Gasteiger partial charge >= 0.3 is 6.85 Å². The van der Waals surface area contributed by atoms with Crippen LogP contribution in [0.5, 0.6) is 0 Å². The summed E-state index contributed by atoms with van der Waals surface area (Å²) in [6, 6.07) is 56.8. The summed E-state index contributed by atoms with van der Waals surface area (Å²) in [5, 5.41) is 7.96. The van der Waals surface area contributed by atoms with Crippen LogP contribution in [0.1, 0.15) is 103 Å². The molecule has 0 atom stereocenters. The maximum absolute atomic E-state index is 2.84. The number of fused-ring (bicyclic) bond motifs is 15. The highest BCUT2D eigenvalue weighted by molar-refractivity contribution is 7.26. The Hall–Kier alpha value is -6.36. The minimum atomic E-state index is -0.320. The molecule has 0 radical (unpaired) electrons. The lowest BCUT2D eigenvalue weighted by atomic mass is 9.40. The highest BCUT2D eigenvalue weighted by Crippen LogP contribution is 2.61. The van der Waals surface area contributed by atoms with Crippen LogP contribution in [-0.2, 0) is 21.7 Å². The van der Waals surface area contributed by atoms with Crippen LogP contribution in [0, 0.1) is 0 Å². The van der Waals surface area contributed by atoms with Crippen molar-refractivity contribution in [3.05, 3.63) is 179 Å². The molecule has 2 nitrogen and oxygen atoms in total. The standard InChI is InChI=1S/C63H55BN2S/c1-60(2,3)38-27-29-50(44(32-38)36-18-11-10-12-19-36)65-57-46-33-48-49(62(6,7)31-30-61(48,4)5)35-47(46)63(8,9)59(57)64-54-45(34-52-53(58(54)65)43-22-15-16-25-51(43)67-52)41-24-17-23-40-42-28-26-37-20-13-14-21-39(37)55(42)66(64)56(40)41/h10-29,32-35H,30-31H2,1-9H3. The van der Waals surface area contributed by atoms with E-state index in [1.54, 1.807) is 0 Å². The van der Waals surface area contributed by atoms with Crippen LogP contribution >= 0.6 is 11.3 Å². The number of allylic oxidation sites excluding steroid dienone is 1. The molecule has 0 unspecified atom stereocenters. The van der Waals surface area contributed by atoms with Crippen molar-refractivity contribution in [2.24, 2.45) is 0 Å². The molecule has 10 aromatic rings. The topological polar surface area (TPSA) is 8.17 Å². The number of anilines is 2. The lowest BCUT2D eigenvalue weighted by molar-refractivity contribution is 0.331. The van der Waals surface area contributed by atoms with Crippen molar-refractivity contribution < 1.29 is 0 Å². The van der Waals surface area contributed by atoms with Crippen molar-refractivity contribution in [1.82, 2.24) is 4.48 Å².